The number of hydrogen-bond donors (Lipinski definition) is 1. The predicted octanol–water partition coefficient (Wildman–Crippen LogP) is 3.26. The lowest BCUT2D eigenvalue weighted by Crippen LogP contribution is -2.43. The van der Waals surface area contributed by atoms with Crippen LogP contribution in [0.5, 0.6) is 11.8 Å². The summed E-state index contributed by atoms with van der Waals surface area (Å²) in [6.45, 7) is 8.14. The molecule has 1 N–H and O–H groups in total. The van der Waals surface area contributed by atoms with Crippen molar-refractivity contribution in [3.8, 4) is 11.8 Å². The smallest absolute Gasteiger partial charge is 0.329 e. The highest BCUT2D eigenvalue weighted by Gasteiger charge is 2.47. The van der Waals surface area contributed by atoms with Gasteiger partial charge in [0.1, 0.15) is 11.3 Å². The topological polar surface area (TPSA) is 93.7 Å². The fourth-order valence-electron chi connectivity index (χ4n) is 3.38. The molecule has 2 aliphatic heterocycles. The first-order chi connectivity index (χ1) is 13.2. The summed E-state index contributed by atoms with van der Waals surface area (Å²) in [5.74, 6) is 0.275. The minimum absolute atomic E-state index is 0.130. The molecule has 0 bridgehead atoms. The largest absolute Gasteiger partial charge is 0.424 e. The molecule has 0 saturated carbocycles. The lowest BCUT2D eigenvalue weighted by Gasteiger charge is -2.19. The summed E-state index contributed by atoms with van der Waals surface area (Å²) in [7, 11) is 0. The van der Waals surface area contributed by atoms with Gasteiger partial charge in [0.25, 0.3) is 5.91 Å². The molecule has 1 saturated heterocycles. The number of benzene rings is 1. The quantitative estimate of drug-likeness (QED) is 0.816. The third-order valence-electron chi connectivity index (χ3n) is 5.37. The van der Waals surface area contributed by atoms with Gasteiger partial charge < -0.3 is 14.8 Å². The number of nitrogens with one attached hydrogen (secondary N) is 1. The van der Waals surface area contributed by atoms with Crippen molar-refractivity contribution in [1.29, 1.82) is 0 Å². The second-order valence-electron chi connectivity index (χ2n) is 7.70. The number of aromatic nitrogens is 2. The minimum Gasteiger partial charge on any atom is -0.424 e. The Balaban J connectivity index is 1.54. The summed E-state index contributed by atoms with van der Waals surface area (Å²) in [5, 5.41) is 2.70. The summed E-state index contributed by atoms with van der Waals surface area (Å²) >= 11 is 0. The van der Waals surface area contributed by atoms with Crippen molar-refractivity contribution in [3.63, 3.8) is 0 Å². The van der Waals surface area contributed by atoms with Crippen molar-refractivity contribution < 1.29 is 19.1 Å². The Hall–Kier alpha value is -3.00. The van der Waals surface area contributed by atoms with Crippen LogP contribution in [0.15, 0.2) is 30.6 Å². The highest BCUT2D eigenvalue weighted by atomic mass is 16.5. The van der Waals surface area contributed by atoms with Gasteiger partial charge in [0.15, 0.2) is 0 Å². The van der Waals surface area contributed by atoms with Gasteiger partial charge in [-0.05, 0) is 50.5 Å². The van der Waals surface area contributed by atoms with Gasteiger partial charge in [0.05, 0.1) is 30.3 Å². The predicted molar refractivity (Wildman–Crippen MR) is 101 cm³/mol. The summed E-state index contributed by atoms with van der Waals surface area (Å²) < 4.78 is 11.5. The van der Waals surface area contributed by atoms with Crippen molar-refractivity contribution in [3.05, 3.63) is 41.7 Å². The normalized spacial score (nSPS) is 22.9. The van der Waals surface area contributed by atoms with E-state index in [1.165, 1.54) is 12.4 Å². The third-order valence-corrected chi connectivity index (χ3v) is 5.37. The molecule has 3 amide bonds. The molecule has 1 aromatic heterocycles. The maximum Gasteiger partial charge on any atom is 0.329 e. The van der Waals surface area contributed by atoms with Crippen molar-refractivity contribution in [1.82, 2.24) is 15.3 Å². The lowest BCUT2D eigenvalue weighted by atomic mass is 9.96. The molecule has 2 aromatic rings. The van der Waals surface area contributed by atoms with E-state index in [-0.39, 0.29) is 17.5 Å². The highest BCUT2D eigenvalue weighted by molar-refractivity contribution is 6.23. The first-order valence-electron chi connectivity index (χ1n) is 9.17. The summed E-state index contributed by atoms with van der Waals surface area (Å²) in [6, 6.07) is 5.37. The van der Waals surface area contributed by atoms with Gasteiger partial charge in [-0.25, -0.2) is 19.7 Å². The Labute approximate surface area is 162 Å². The van der Waals surface area contributed by atoms with Crippen LogP contribution < -0.4 is 15.0 Å². The molecular weight excluding hydrogens is 360 g/mol. The fraction of sp³-hybridized carbons (Fsp3) is 0.400. The Morgan fingerprint density at radius 3 is 2.57 bits per heavy atom. The van der Waals surface area contributed by atoms with Crippen LogP contribution in [0, 0.1) is 0 Å². The van der Waals surface area contributed by atoms with Crippen LogP contribution in [0.25, 0.3) is 0 Å². The number of hydrogen-bond acceptors (Lipinski definition) is 6. The molecule has 8 nitrogen and oxygen atoms in total. The molecule has 28 heavy (non-hydrogen) atoms. The highest BCUT2D eigenvalue weighted by Crippen LogP contribution is 2.38. The van der Waals surface area contributed by atoms with Crippen LogP contribution in [-0.4, -0.2) is 27.4 Å². The van der Waals surface area contributed by atoms with Crippen LogP contribution in [0.4, 0.5) is 10.5 Å². The van der Waals surface area contributed by atoms with Crippen LogP contribution in [-0.2, 0) is 21.7 Å². The minimum atomic E-state index is -0.911. The van der Waals surface area contributed by atoms with Gasteiger partial charge in [-0.1, -0.05) is 13.0 Å². The molecule has 0 spiro atoms. The van der Waals surface area contributed by atoms with Crippen LogP contribution in [0.3, 0.4) is 0 Å². The molecule has 146 valence electrons. The van der Waals surface area contributed by atoms with Crippen LogP contribution >= 0.6 is 0 Å². The summed E-state index contributed by atoms with van der Waals surface area (Å²) in [4.78, 5) is 34.1. The van der Waals surface area contributed by atoms with E-state index in [9.17, 15) is 9.59 Å². The number of urea groups is 1. The van der Waals surface area contributed by atoms with Crippen molar-refractivity contribution in [2.24, 2.45) is 0 Å². The number of rotatable bonds is 4. The lowest BCUT2D eigenvalue weighted by molar-refractivity contribution is -0.121. The second-order valence-corrected chi connectivity index (χ2v) is 7.70. The number of fused-ring (bicyclic) bond motifs is 1. The molecule has 1 atom stereocenters. The number of carbonyl (C=O) groups excluding carboxylic acids is 2. The number of amides is 3. The number of imide groups is 1. The zero-order chi connectivity index (χ0) is 20.1. The SMILES string of the molecule is CC[C@@]1(C)NC(=O)N(c2cnc(Oc3ccc4c(c3)C(C)(C)OC4)nc2)C1=O. The van der Waals surface area contributed by atoms with Crippen molar-refractivity contribution in [2.45, 2.75) is 51.9 Å². The molecule has 0 aliphatic carbocycles. The van der Waals surface area contributed by atoms with Gasteiger partial charge in [-0.3, -0.25) is 4.79 Å². The number of anilines is 1. The van der Waals surface area contributed by atoms with Crippen LogP contribution in [0.1, 0.15) is 45.2 Å². The van der Waals surface area contributed by atoms with E-state index in [0.717, 1.165) is 16.0 Å². The molecule has 0 radical (unpaired) electrons. The number of ether oxygens (including phenoxy) is 2. The molecule has 3 heterocycles. The molecule has 1 aromatic carbocycles. The van der Waals surface area contributed by atoms with Gasteiger partial charge in [0, 0.05) is 0 Å². The van der Waals surface area contributed by atoms with Gasteiger partial charge >= 0.3 is 12.0 Å². The molecule has 8 heteroatoms. The van der Waals surface area contributed by atoms with Gasteiger partial charge in [0.2, 0.25) is 0 Å². The Bertz CT molecular complexity index is 957. The first-order valence-corrected chi connectivity index (χ1v) is 9.17. The van der Waals surface area contributed by atoms with Gasteiger partial charge in [-0.15, -0.1) is 0 Å². The Morgan fingerprint density at radius 2 is 1.93 bits per heavy atom. The monoisotopic (exact) mass is 382 g/mol. The Kier molecular flexibility index (Phi) is 4.11. The van der Waals surface area contributed by atoms with E-state index in [1.807, 2.05) is 39.0 Å². The van der Waals surface area contributed by atoms with E-state index in [0.29, 0.717) is 24.5 Å². The first kappa shape index (κ1) is 18.4. The average Bonchev–Trinajstić information content (AvgIpc) is 3.09. The van der Waals surface area contributed by atoms with Crippen LogP contribution in [0.2, 0.25) is 0 Å². The van der Waals surface area contributed by atoms with Crippen molar-refractivity contribution >= 4 is 17.6 Å². The van der Waals surface area contributed by atoms with E-state index < -0.39 is 11.6 Å². The maximum atomic E-state index is 12.6. The summed E-state index contributed by atoms with van der Waals surface area (Å²) in [6.07, 6.45) is 3.30. The molecular formula is C20H22N4O4. The van der Waals surface area contributed by atoms with E-state index in [1.54, 1.807) is 6.92 Å². The molecule has 2 aliphatic rings. The zero-order valence-electron chi connectivity index (χ0n) is 16.3. The maximum absolute atomic E-state index is 12.6. The number of nitrogens with zero attached hydrogens (tertiary/aromatic N) is 3. The summed E-state index contributed by atoms with van der Waals surface area (Å²) in [5.41, 5.74) is 1.22. The van der Waals surface area contributed by atoms with E-state index in [2.05, 4.69) is 15.3 Å². The second kappa shape index (κ2) is 6.27. The molecule has 0 unspecified atom stereocenters. The average molecular weight is 382 g/mol. The zero-order valence-corrected chi connectivity index (χ0v) is 16.3. The third kappa shape index (κ3) is 2.90. The van der Waals surface area contributed by atoms with Crippen molar-refractivity contribution in [2.75, 3.05) is 4.90 Å². The standard InChI is InChI=1S/C20H22N4O4/c1-5-20(4)16(25)24(18(26)23-20)13-9-21-17(22-10-13)28-14-7-6-12-11-27-19(2,3)15(12)8-14/h6-10H,5,11H2,1-4H3,(H,23,26)/t20-/m1/s1. The fourth-order valence-corrected chi connectivity index (χ4v) is 3.38. The van der Waals surface area contributed by atoms with Gasteiger partial charge in [-0.2, -0.15) is 0 Å². The molecule has 4 rings (SSSR count). The number of carbonyl (C=O) groups is 2. The van der Waals surface area contributed by atoms with E-state index in [4.69, 9.17) is 9.47 Å². The Morgan fingerprint density at radius 1 is 1.21 bits per heavy atom. The molecule has 1 fully saturated rings. The van der Waals surface area contributed by atoms with E-state index >= 15 is 0 Å².